The number of rotatable bonds is 4. The number of alkyl carbamates (subject to hydrolysis) is 1. The number of amides is 2. The molecule has 1 saturated heterocycles. The predicted octanol–water partition coefficient (Wildman–Crippen LogP) is -2.18. The summed E-state index contributed by atoms with van der Waals surface area (Å²) in [5.41, 5.74) is -0.729. The van der Waals surface area contributed by atoms with Gasteiger partial charge in [-0.25, -0.2) is 4.79 Å². The Morgan fingerprint density at radius 1 is 1.21 bits per heavy atom. The van der Waals surface area contributed by atoms with E-state index in [1.807, 2.05) is 0 Å². The first-order chi connectivity index (χ1) is 11.0. The number of carbonyl (C=O) groups is 2. The second-order valence-corrected chi connectivity index (χ2v) is 6.63. The smallest absolute Gasteiger partial charge is 0.408 e. The van der Waals surface area contributed by atoms with E-state index in [1.165, 1.54) is 6.92 Å². The van der Waals surface area contributed by atoms with Gasteiger partial charge in [-0.2, -0.15) is 0 Å². The minimum absolute atomic E-state index is 0.605. The number of nitrogens with one attached hydrogen (secondary N) is 2. The number of hydrogen-bond donors (Lipinski definition) is 6. The molecule has 10 heteroatoms. The minimum atomic E-state index is -1.63. The number of carbonyl (C=O) groups excluding carboxylic acids is 2. The second-order valence-electron chi connectivity index (χ2n) is 6.63. The van der Waals surface area contributed by atoms with Crippen molar-refractivity contribution >= 4 is 12.0 Å². The van der Waals surface area contributed by atoms with E-state index in [9.17, 15) is 24.9 Å². The summed E-state index contributed by atoms with van der Waals surface area (Å²) >= 11 is 0. The molecule has 1 aliphatic heterocycles. The van der Waals surface area contributed by atoms with Crippen molar-refractivity contribution in [2.45, 2.75) is 70.0 Å². The fraction of sp³-hybridized carbons (Fsp3) is 0.857. The molecule has 0 radical (unpaired) electrons. The van der Waals surface area contributed by atoms with E-state index < -0.39 is 60.9 Å². The molecule has 1 heterocycles. The van der Waals surface area contributed by atoms with E-state index in [0.29, 0.717) is 0 Å². The molecule has 0 aromatic carbocycles. The largest absolute Gasteiger partial charge is 0.444 e. The lowest BCUT2D eigenvalue weighted by Crippen LogP contribution is -2.65. The van der Waals surface area contributed by atoms with Gasteiger partial charge in [0, 0.05) is 0 Å². The van der Waals surface area contributed by atoms with Crippen molar-refractivity contribution < 1.29 is 39.5 Å². The Morgan fingerprint density at radius 3 is 2.29 bits per heavy atom. The molecular formula is C14H26N2O8. The predicted molar refractivity (Wildman–Crippen MR) is 80.7 cm³/mol. The fourth-order valence-electron chi connectivity index (χ4n) is 2.09. The van der Waals surface area contributed by atoms with Gasteiger partial charge in [-0.3, -0.25) is 4.79 Å². The lowest BCUT2D eigenvalue weighted by atomic mass is 9.97. The van der Waals surface area contributed by atoms with Crippen LogP contribution < -0.4 is 10.6 Å². The van der Waals surface area contributed by atoms with Crippen molar-refractivity contribution in [3.05, 3.63) is 0 Å². The van der Waals surface area contributed by atoms with Crippen molar-refractivity contribution in [3.63, 3.8) is 0 Å². The Balaban J connectivity index is 2.61. The summed E-state index contributed by atoms with van der Waals surface area (Å²) in [4.78, 5) is 23.7. The van der Waals surface area contributed by atoms with Crippen molar-refractivity contribution in [3.8, 4) is 0 Å². The first-order valence-electron chi connectivity index (χ1n) is 7.56. The molecule has 0 saturated carbocycles. The summed E-state index contributed by atoms with van der Waals surface area (Å²) in [5, 5.41) is 43.1. The molecule has 0 unspecified atom stereocenters. The Labute approximate surface area is 139 Å². The van der Waals surface area contributed by atoms with Gasteiger partial charge in [-0.1, -0.05) is 0 Å². The van der Waals surface area contributed by atoms with Crippen LogP contribution in [-0.4, -0.2) is 81.3 Å². The lowest BCUT2D eigenvalue weighted by molar-refractivity contribution is -0.253. The van der Waals surface area contributed by atoms with Crippen LogP contribution in [0.5, 0.6) is 0 Å². The van der Waals surface area contributed by atoms with Gasteiger partial charge in [0.05, 0.1) is 6.61 Å². The summed E-state index contributed by atoms with van der Waals surface area (Å²) in [7, 11) is 0. The minimum Gasteiger partial charge on any atom is -0.444 e. The topological polar surface area (TPSA) is 158 Å². The quantitative estimate of drug-likeness (QED) is 0.334. The van der Waals surface area contributed by atoms with E-state index in [2.05, 4.69) is 10.6 Å². The number of aliphatic hydroxyl groups excluding tert-OH is 4. The maximum absolute atomic E-state index is 12.1. The van der Waals surface area contributed by atoms with Gasteiger partial charge in [0.2, 0.25) is 5.91 Å². The molecule has 10 nitrogen and oxygen atoms in total. The van der Waals surface area contributed by atoms with Crippen molar-refractivity contribution in [1.82, 2.24) is 10.6 Å². The summed E-state index contributed by atoms with van der Waals surface area (Å²) in [6.45, 7) is 5.79. The Bertz CT molecular complexity index is 453. The van der Waals surface area contributed by atoms with E-state index in [-0.39, 0.29) is 0 Å². The van der Waals surface area contributed by atoms with E-state index >= 15 is 0 Å². The van der Waals surface area contributed by atoms with Gasteiger partial charge in [-0.15, -0.1) is 0 Å². The van der Waals surface area contributed by atoms with Gasteiger partial charge in [-0.05, 0) is 27.7 Å². The zero-order valence-electron chi connectivity index (χ0n) is 14.1. The molecule has 6 N–H and O–H groups in total. The highest BCUT2D eigenvalue weighted by Gasteiger charge is 2.44. The van der Waals surface area contributed by atoms with Crippen molar-refractivity contribution in [2.24, 2.45) is 0 Å². The number of ether oxygens (including phenoxy) is 2. The van der Waals surface area contributed by atoms with Gasteiger partial charge in [0.25, 0.3) is 0 Å². The summed E-state index contributed by atoms with van der Waals surface area (Å²) in [6.07, 6.45) is -6.63. The molecular weight excluding hydrogens is 324 g/mol. The molecule has 0 spiro atoms. The third-order valence-corrected chi connectivity index (χ3v) is 3.34. The van der Waals surface area contributed by atoms with Crippen LogP contribution in [0.15, 0.2) is 0 Å². The normalized spacial score (nSPS) is 31.9. The average Bonchev–Trinajstić information content (AvgIpc) is 2.44. The molecule has 1 fully saturated rings. The monoisotopic (exact) mass is 350 g/mol. The molecule has 0 bridgehead atoms. The molecule has 0 aromatic heterocycles. The van der Waals surface area contributed by atoms with Crippen LogP contribution in [0.2, 0.25) is 0 Å². The van der Waals surface area contributed by atoms with Crippen LogP contribution in [0.25, 0.3) is 0 Å². The SMILES string of the molecule is C[C@H](NC(=O)OC(C)(C)C)C(=O)N[C@@H]1[C@@H](O)[C@H](O)[C@@H](CO)O[C@H]1O. The van der Waals surface area contributed by atoms with Crippen molar-refractivity contribution in [2.75, 3.05) is 6.61 Å². The van der Waals surface area contributed by atoms with Gasteiger partial charge < -0.3 is 40.5 Å². The molecule has 140 valence electrons. The van der Waals surface area contributed by atoms with Gasteiger partial charge in [0.1, 0.15) is 36.0 Å². The zero-order valence-corrected chi connectivity index (χ0v) is 14.1. The van der Waals surface area contributed by atoms with Crippen LogP contribution in [0, 0.1) is 0 Å². The summed E-state index contributed by atoms with van der Waals surface area (Å²) in [6, 6.07) is -2.34. The number of aliphatic hydroxyl groups is 4. The van der Waals surface area contributed by atoms with E-state index in [0.717, 1.165) is 0 Å². The molecule has 0 aliphatic carbocycles. The third kappa shape index (κ3) is 5.56. The lowest BCUT2D eigenvalue weighted by Gasteiger charge is -2.40. The second kappa shape index (κ2) is 8.08. The maximum atomic E-state index is 12.1. The highest BCUT2D eigenvalue weighted by Crippen LogP contribution is 2.19. The summed E-state index contributed by atoms with van der Waals surface area (Å²) < 4.78 is 9.94. The van der Waals surface area contributed by atoms with Crippen LogP contribution in [0.1, 0.15) is 27.7 Å². The first kappa shape index (κ1) is 20.6. The highest BCUT2D eigenvalue weighted by atomic mass is 16.6. The van der Waals surface area contributed by atoms with E-state index in [1.54, 1.807) is 20.8 Å². The molecule has 0 aromatic rings. The highest BCUT2D eigenvalue weighted by molar-refractivity contribution is 5.85. The van der Waals surface area contributed by atoms with Crippen LogP contribution in [0.4, 0.5) is 4.79 Å². The fourth-order valence-corrected chi connectivity index (χ4v) is 2.09. The van der Waals surface area contributed by atoms with E-state index in [4.69, 9.17) is 14.6 Å². The van der Waals surface area contributed by atoms with Gasteiger partial charge in [0.15, 0.2) is 6.29 Å². The molecule has 1 aliphatic rings. The van der Waals surface area contributed by atoms with Gasteiger partial charge >= 0.3 is 6.09 Å². The Morgan fingerprint density at radius 2 is 1.79 bits per heavy atom. The molecule has 2 amide bonds. The zero-order chi connectivity index (χ0) is 18.7. The summed E-state index contributed by atoms with van der Waals surface area (Å²) in [5.74, 6) is -0.720. The molecule has 1 rings (SSSR count). The maximum Gasteiger partial charge on any atom is 0.408 e. The molecule has 24 heavy (non-hydrogen) atoms. The Kier molecular flexibility index (Phi) is 6.93. The van der Waals surface area contributed by atoms with Crippen LogP contribution >= 0.6 is 0 Å². The van der Waals surface area contributed by atoms with Crippen molar-refractivity contribution in [1.29, 1.82) is 0 Å². The Hall–Kier alpha value is -1.46. The first-order valence-corrected chi connectivity index (χ1v) is 7.56. The molecule has 6 atom stereocenters. The van der Waals surface area contributed by atoms with Crippen LogP contribution in [0.3, 0.4) is 0 Å². The third-order valence-electron chi connectivity index (χ3n) is 3.34. The standard InChI is InChI=1S/C14H26N2O8/c1-6(15-13(22)24-14(2,3)4)11(20)16-8-10(19)9(18)7(5-17)23-12(8)21/h6-10,12,17-19,21H,5H2,1-4H3,(H,15,22)(H,16,20)/t6-,7+,8+,9+,10+,12+/m0/s1. The van der Waals surface area contributed by atoms with Crippen LogP contribution in [-0.2, 0) is 14.3 Å². The average molecular weight is 350 g/mol. The number of hydrogen-bond acceptors (Lipinski definition) is 8.